The molecule has 72 valence electrons. The fraction of sp³-hybridized carbons (Fsp3) is 1.00. The topological polar surface area (TPSA) is 20.2 Å². The van der Waals surface area contributed by atoms with Crippen LogP contribution in [-0.2, 0) is 0 Å². The zero-order valence-electron chi connectivity index (χ0n) is 8.85. The Labute approximate surface area is 76.2 Å². The molecule has 1 aliphatic rings. The lowest BCUT2D eigenvalue weighted by molar-refractivity contribution is -0.0672. The fourth-order valence-corrected chi connectivity index (χ4v) is 1.57. The minimum Gasteiger partial charge on any atom is -0.390 e. The molecular weight excluding hydrogens is 148 g/mol. The van der Waals surface area contributed by atoms with Gasteiger partial charge in [0.15, 0.2) is 0 Å². The van der Waals surface area contributed by atoms with Gasteiger partial charge in [-0.05, 0) is 24.7 Å². The van der Waals surface area contributed by atoms with Crippen molar-refractivity contribution in [3.8, 4) is 0 Å². The quantitative estimate of drug-likeness (QED) is 0.675. The summed E-state index contributed by atoms with van der Waals surface area (Å²) in [5.74, 6) is 0.791. The molecule has 1 atom stereocenters. The molecule has 1 rings (SSSR count). The van der Waals surface area contributed by atoms with Gasteiger partial charge in [0.25, 0.3) is 0 Å². The van der Waals surface area contributed by atoms with Crippen LogP contribution in [0.5, 0.6) is 0 Å². The van der Waals surface area contributed by atoms with E-state index < -0.39 is 5.60 Å². The summed E-state index contributed by atoms with van der Waals surface area (Å²) in [5, 5.41) is 10.2. The number of hydrogen-bond acceptors (Lipinski definition) is 1. The van der Waals surface area contributed by atoms with Crippen LogP contribution in [0.25, 0.3) is 0 Å². The zero-order valence-corrected chi connectivity index (χ0v) is 8.85. The first-order valence-electron chi connectivity index (χ1n) is 5.05. The first kappa shape index (κ1) is 10.0. The summed E-state index contributed by atoms with van der Waals surface area (Å²) in [6.45, 7) is 8.33. The van der Waals surface area contributed by atoms with Crippen LogP contribution in [0, 0.1) is 11.3 Å². The van der Waals surface area contributed by atoms with Crippen molar-refractivity contribution in [3.63, 3.8) is 0 Å². The molecule has 12 heavy (non-hydrogen) atoms. The highest BCUT2D eigenvalue weighted by Gasteiger charge is 2.38. The van der Waals surface area contributed by atoms with E-state index in [0.717, 1.165) is 12.3 Å². The van der Waals surface area contributed by atoms with Gasteiger partial charge in [0.1, 0.15) is 0 Å². The van der Waals surface area contributed by atoms with Gasteiger partial charge < -0.3 is 5.11 Å². The molecule has 1 fully saturated rings. The smallest absolute Gasteiger partial charge is 0.0670 e. The van der Waals surface area contributed by atoms with Crippen LogP contribution in [-0.4, -0.2) is 10.7 Å². The Morgan fingerprint density at radius 2 is 1.67 bits per heavy atom. The van der Waals surface area contributed by atoms with E-state index >= 15 is 0 Å². The third-order valence-corrected chi connectivity index (χ3v) is 3.53. The van der Waals surface area contributed by atoms with E-state index in [0.29, 0.717) is 0 Å². The minimum atomic E-state index is -0.488. The first-order valence-corrected chi connectivity index (χ1v) is 5.05. The van der Waals surface area contributed by atoms with Crippen LogP contribution in [0.2, 0.25) is 0 Å². The molecule has 0 bridgehead atoms. The Morgan fingerprint density at radius 3 is 1.92 bits per heavy atom. The molecule has 1 saturated carbocycles. The Hall–Kier alpha value is -0.0400. The maximum atomic E-state index is 10.2. The standard InChI is InChI=1S/C11H22O/c1-10(2,3)11(4,12)8-9-6-5-7-9/h9,12H,5-8H2,1-4H3. The summed E-state index contributed by atoms with van der Waals surface area (Å²) in [4.78, 5) is 0. The van der Waals surface area contributed by atoms with Gasteiger partial charge in [0.05, 0.1) is 5.60 Å². The Balaban J connectivity index is 2.46. The van der Waals surface area contributed by atoms with E-state index in [2.05, 4.69) is 20.8 Å². The van der Waals surface area contributed by atoms with Crippen LogP contribution < -0.4 is 0 Å². The van der Waals surface area contributed by atoms with Crippen molar-refractivity contribution in [2.24, 2.45) is 11.3 Å². The molecule has 1 aliphatic carbocycles. The monoisotopic (exact) mass is 170 g/mol. The second-order valence-electron chi connectivity index (χ2n) is 5.52. The van der Waals surface area contributed by atoms with Crippen molar-refractivity contribution in [2.45, 2.75) is 59.0 Å². The van der Waals surface area contributed by atoms with E-state index in [4.69, 9.17) is 0 Å². The molecule has 0 aromatic heterocycles. The SMILES string of the molecule is CC(C)(C)C(C)(O)CC1CCC1. The van der Waals surface area contributed by atoms with Crippen LogP contribution in [0.3, 0.4) is 0 Å². The summed E-state index contributed by atoms with van der Waals surface area (Å²) < 4.78 is 0. The highest BCUT2D eigenvalue weighted by molar-refractivity contribution is 4.89. The maximum Gasteiger partial charge on any atom is 0.0670 e. The zero-order chi connectivity index (χ0) is 9.41. The van der Waals surface area contributed by atoms with Crippen molar-refractivity contribution in [1.82, 2.24) is 0 Å². The van der Waals surface area contributed by atoms with Crippen LogP contribution in [0.15, 0.2) is 0 Å². The molecule has 0 aliphatic heterocycles. The molecule has 0 spiro atoms. The molecule has 0 heterocycles. The molecule has 0 aromatic rings. The summed E-state index contributed by atoms with van der Waals surface area (Å²) >= 11 is 0. The van der Waals surface area contributed by atoms with Crippen LogP contribution in [0.1, 0.15) is 53.4 Å². The molecule has 0 aromatic carbocycles. The lowest BCUT2D eigenvalue weighted by Crippen LogP contribution is -2.42. The third kappa shape index (κ3) is 2.01. The van der Waals surface area contributed by atoms with Gasteiger partial charge in [-0.25, -0.2) is 0 Å². The van der Waals surface area contributed by atoms with Gasteiger partial charge in [-0.3, -0.25) is 0 Å². The van der Waals surface area contributed by atoms with E-state index in [1.165, 1.54) is 19.3 Å². The maximum absolute atomic E-state index is 10.2. The summed E-state index contributed by atoms with van der Waals surface area (Å²) in [7, 11) is 0. The molecular formula is C11H22O. The molecule has 1 unspecified atom stereocenters. The number of aliphatic hydroxyl groups is 1. The lowest BCUT2D eigenvalue weighted by atomic mass is 9.69. The lowest BCUT2D eigenvalue weighted by Gasteiger charge is -2.41. The first-order chi connectivity index (χ1) is 5.33. The van der Waals surface area contributed by atoms with Crippen molar-refractivity contribution in [3.05, 3.63) is 0 Å². The number of rotatable bonds is 2. The van der Waals surface area contributed by atoms with Gasteiger partial charge in [-0.15, -0.1) is 0 Å². The predicted octanol–water partition coefficient (Wildman–Crippen LogP) is 2.97. The molecule has 1 N–H and O–H groups in total. The second kappa shape index (κ2) is 3.02. The van der Waals surface area contributed by atoms with Gasteiger partial charge in [0, 0.05) is 0 Å². The third-order valence-electron chi connectivity index (χ3n) is 3.53. The summed E-state index contributed by atoms with van der Waals surface area (Å²) in [6.07, 6.45) is 5.00. The minimum absolute atomic E-state index is 0.0165. The predicted molar refractivity (Wildman–Crippen MR) is 52.0 cm³/mol. The average Bonchev–Trinajstić information content (AvgIpc) is 1.76. The molecule has 1 heteroatoms. The highest BCUT2D eigenvalue weighted by atomic mass is 16.3. The molecule has 0 saturated heterocycles. The van der Waals surface area contributed by atoms with Crippen molar-refractivity contribution in [1.29, 1.82) is 0 Å². The Morgan fingerprint density at radius 1 is 1.17 bits per heavy atom. The van der Waals surface area contributed by atoms with Gasteiger partial charge in [-0.2, -0.15) is 0 Å². The average molecular weight is 170 g/mol. The van der Waals surface area contributed by atoms with Crippen LogP contribution >= 0.6 is 0 Å². The van der Waals surface area contributed by atoms with Gasteiger partial charge in [0.2, 0.25) is 0 Å². The van der Waals surface area contributed by atoms with E-state index in [1.807, 2.05) is 6.92 Å². The number of hydrogen-bond donors (Lipinski definition) is 1. The van der Waals surface area contributed by atoms with Gasteiger partial charge in [-0.1, -0.05) is 40.0 Å². The Bertz CT molecular complexity index is 149. The summed E-state index contributed by atoms with van der Waals surface area (Å²) in [6, 6.07) is 0. The van der Waals surface area contributed by atoms with Crippen molar-refractivity contribution >= 4 is 0 Å². The van der Waals surface area contributed by atoms with Crippen molar-refractivity contribution < 1.29 is 5.11 Å². The van der Waals surface area contributed by atoms with E-state index in [1.54, 1.807) is 0 Å². The Kier molecular flexibility index (Phi) is 2.53. The largest absolute Gasteiger partial charge is 0.390 e. The van der Waals surface area contributed by atoms with Gasteiger partial charge >= 0.3 is 0 Å². The molecule has 1 nitrogen and oxygen atoms in total. The highest BCUT2D eigenvalue weighted by Crippen LogP contribution is 2.40. The van der Waals surface area contributed by atoms with E-state index in [-0.39, 0.29) is 5.41 Å². The van der Waals surface area contributed by atoms with Crippen molar-refractivity contribution in [2.75, 3.05) is 0 Å². The fourth-order valence-electron chi connectivity index (χ4n) is 1.57. The normalized spacial score (nSPS) is 24.8. The van der Waals surface area contributed by atoms with E-state index in [9.17, 15) is 5.11 Å². The van der Waals surface area contributed by atoms with Crippen LogP contribution in [0.4, 0.5) is 0 Å². The second-order valence-corrected chi connectivity index (χ2v) is 5.52. The summed E-state index contributed by atoms with van der Waals surface area (Å²) in [5.41, 5.74) is -0.472. The molecule has 0 amide bonds. The molecule has 0 radical (unpaired) electrons.